The van der Waals surface area contributed by atoms with Crippen LogP contribution in [0.15, 0.2) is 24.3 Å². The molecule has 0 unspecified atom stereocenters. The van der Waals surface area contributed by atoms with E-state index < -0.39 is 9.84 Å². The zero-order chi connectivity index (χ0) is 16.6. The first-order valence-corrected chi connectivity index (χ1v) is 9.56. The van der Waals surface area contributed by atoms with Gasteiger partial charge in [-0.3, -0.25) is 9.69 Å². The van der Waals surface area contributed by atoms with E-state index in [4.69, 9.17) is 4.74 Å². The van der Waals surface area contributed by atoms with E-state index in [1.807, 2.05) is 24.3 Å². The van der Waals surface area contributed by atoms with Gasteiger partial charge in [-0.15, -0.1) is 0 Å². The third-order valence-corrected chi connectivity index (χ3v) is 6.44. The molecule has 0 N–H and O–H groups in total. The zero-order valence-corrected chi connectivity index (χ0v) is 14.3. The average Bonchev–Trinajstić information content (AvgIpc) is 2.83. The Labute approximate surface area is 136 Å². The Morgan fingerprint density at radius 3 is 2.43 bits per heavy atom. The summed E-state index contributed by atoms with van der Waals surface area (Å²) in [6.45, 7) is 3.48. The van der Waals surface area contributed by atoms with Crippen LogP contribution in [-0.2, 0) is 21.2 Å². The maximum atomic E-state index is 12.1. The summed E-state index contributed by atoms with van der Waals surface area (Å²) in [5.41, 5.74) is 1.12. The lowest BCUT2D eigenvalue weighted by Crippen LogP contribution is -2.59. The lowest BCUT2D eigenvalue weighted by Gasteiger charge is -2.43. The van der Waals surface area contributed by atoms with Gasteiger partial charge in [0.2, 0.25) is 5.91 Å². The first-order chi connectivity index (χ1) is 10.9. The minimum Gasteiger partial charge on any atom is -0.497 e. The topological polar surface area (TPSA) is 66.9 Å². The molecule has 3 rings (SSSR count). The van der Waals surface area contributed by atoms with Gasteiger partial charge in [-0.2, -0.15) is 0 Å². The Balaban J connectivity index is 1.79. The Bertz CT molecular complexity index is 687. The number of carbonyl (C=O) groups excluding carboxylic acids is 1. The van der Waals surface area contributed by atoms with Crippen LogP contribution >= 0.6 is 0 Å². The predicted octanol–water partition coefficient (Wildman–Crippen LogP) is 0.525. The number of nitrogens with zero attached hydrogens (tertiary/aromatic N) is 2. The second-order valence-corrected chi connectivity index (χ2v) is 8.40. The highest BCUT2D eigenvalue weighted by Crippen LogP contribution is 2.28. The molecule has 2 saturated heterocycles. The van der Waals surface area contributed by atoms with Crippen molar-refractivity contribution < 1.29 is 17.9 Å². The summed E-state index contributed by atoms with van der Waals surface area (Å²) in [6.07, 6.45) is 0. The number of sulfone groups is 1. The van der Waals surface area contributed by atoms with Crippen LogP contribution in [0.3, 0.4) is 0 Å². The average molecular weight is 338 g/mol. The molecular formula is C16H22N2O4S. The summed E-state index contributed by atoms with van der Waals surface area (Å²) < 4.78 is 29.3. The standard InChI is InChI=1S/C16H22N2O4S/c1-12(19)18-8-7-17(15-10-23(20,21)11-16(15)18)9-13-3-5-14(22-2)6-4-13/h3-6,15-16H,7-11H2,1-2H3/t15-,16+/m0/s1. The van der Waals surface area contributed by atoms with E-state index in [2.05, 4.69) is 4.90 Å². The second-order valence-electron chi connectivity index (χ2n) is 6.24. The number of ether oxygens (including phenoxy) is 1. The van der Waals surface area contributed by atoms with E-state index in [-0.39, 0.29) is 29.5 Å². The molecule has 0 saturated carbocycles. The van der Waals surface area contributed by atoms with Crippen molar-refractivity contribution >= 4 is 15.7 Å². The second kappa shape index (κ2) is 6.13. The Morgan fingerprint density at radius 1 is 1.17 bits per heavy atom. The fourth-order valence-electron chi connectivity index (χ4n) is 3.58. The van der Waals surface area contributed by atoms with Crippen LogP contribution in [0, 0.1) is 0 Å². The van der Waals surface area contributed by atoms with Gasteiger partial charge >= 0.3 is 0 Å². The van der Waals surface area contributed by atoms with E-state index in [1.165, 1.54) is 6.92 Å². The minimum absolute atomic E-state index is 0.0406. The van der Waals surface area contributed by atoms with Crippen LogP contribution in [0.1, 0.15) is 12.5 Å². The highest BCUT2D eigenvalue weighted by molar-refractivity contribution is 7.91. The van der Waals surface area contributed by atoms with Gasteiger partial charge in [-0.1, -0.05) is 12.1 Å². The molecule has 2 aliphatic heterocycles. The van der Waals surface area contributed by atoms with Crippen molar-refractivity contribution in [2.24, 2.45) is 0 Å². The number of piperazine rings is 1. The number of hydrogen-bond donors (Lipinski definition) is 0. The van der Waals surface area contributed by atoms with Crippen molar-refractivity contribution in [3.63, 3.8) is 0 Å². The zero-order valence-electron chi connectivity index (χ0n) is 13.4. The minimum atomic E-state index is -3.09. The van der Waals surface area contributed by atoms with Crippen molar-refractivity contribution in [1.82, 2.24) is 9.80 Å². The number of hydrogen-bond acceptors (Lipinski definition) is 5. The summed E-state index contributed by atoms with van der Waals surface area (Å²) in [5, 5.41) is 0. The fourth-order valence-corrected chi connectivity index (χ4v) is 5.59. The number of amides is 1. The van der Waals surface area contributed by atoms with Crippen LogP contribution in [0.4, 0.5) is 0 Å². The lowest BCUT2D eigenvalue weighted by atomic mass is 10.0. The van der Waals surface area contributed by atoms with Gasteiger partial charge in [-0.25, -0.2) is 8.42 Å². The smallest absolute Gasteiger partial charge is 0.219 e. The molecule has 0 aromatic heterocycles. The molecule has 2 heterocycles. The molecule has 0 bridgehead atoms. The number of benzene rings is 1. The van der Waals surface area contributed by atoms with Gasteiger partial charge in [0, 0.05) is 32.6 Å². The largest absolute Gasteiger partial charge is 0.497 e. The predicted molar refractivity (Wildman–Crippen MR) is 87.0 cm³/mol. The van der Waals surface area contributed by atoms with Crippen LogP contribution < -0.4 is 4.74 Å². The highest BCUT2D eigenvalue weighted by atomic mass is 32.2. The summed E-state index contributed by atoms with van der Waals surface area (Å²) in [4.78, 5) is 15.7. The van der Waals surface area contributed by atoms with Gasteiger partial charge in [0.25, 0.3) is 0 Å². The summed E-state index contributed by atoms with van der Waals surface area (Å²) in [6, 6.07) is 7.47. The molecule has 126 valence electrons. The van der Waals surface area contributed by atoms with Crippen LogP contribution in [0.5, 0.6) is 5.75 Å². The molecule has 6 nitrogen and oxygen atoms in total. The molecule has 0 radical (unpaired) electrons. The van der Waals surface area contributed by atoms with E-state index in [9.17, 15) is 13.2 Å². The Morgan fingerprint density at radius 2 is 1.83 bits per heavy atom. The first kappa shape index (κ1) is 16.3. The molecule has 1 amide bonds. The Kier molecular flexibility index (Phi) is 4.33. The van der Waals surface area contributed by atoms with Crippen molar-refractivity contribution in [2.75, 3.05) is 31.7 Å². The number of rotatable bonds is 3. The SMILES string of the molecule is COc1ccc(CN2CCN(C(C)=O)[C@@H]3CS(=O)(=O)C[C@@H]32)cc1. The van der Waals surface area contributed by atoms with Crippen molar-refractivity contribution in [1.29, 1.82) is 0 Å². The Hall–Kier alpha value is -1.60. The van der Waals surface area contributed by atoms with Crippen LogP contribution in [0.2, 0.25) is 0 Å². The summed E-state index contributed by atoms with van der Waals surface area (Å²) in [5.74, 6) is 0.978. The van der Waals surface area contributed by atoms with Crippen LogP contribution in [-0.4, -0.2) is 67.9 Å². The van der Waals surface area contributed by atoms with Crippen LogP contribution in [0.25, 0.3) is 0 Å². The molecule has 2 fully saturated rings. The molecule has 0 spiro atoms. The third kappa shape index (κ3) is 3.35. The molecule has 2 atom stereocenters. The molecule has 23 heavy (non-hydrogen) atoms. The summed E-state index contributed by atoms with van der Waals surface area (Å²) in [7, 11) is -1.46. The molecular weight excluding hydrogens is 316 g/mol. The molecule has 7 heteroatoms. The molecule has 0 aliphatic carbocycles. The number of fused-ring (bicyclic) bond motifs is 1. The van der Waals surface area contributed by atoms with Gasteiger partial charge in [0.15, 0.2) is 9.84 Å². The summed E-state index contributed by atoms with van der Waals surface area (Å²) >= 11 is 0. The van der Waals surface area contributed by atoms with Crippen molar-refractivity contribution in [3.8, 4) is 5.75 Å². The maximum Gasteiger partial charge on any atom is 0.219 e. The lowest BCUT2D eigenvalue weighted by molar-refractivity contribution is -0.134. The quantitative estimate of drug-likeness (QED) is 0.804. The monoisotopic (exact) mass is 338 g/mol. The molecule has 2 aliphatic rings. The van der Waals surface area contributed by atoms with E-state index in [1.54, 1.807) is 12.0 Å². The number of carbonyl (C=O) groups is 1. The van der Waals surface area contributed by atoms with E-state index in [0.717, 1.165) is 11.3 Å². The molecule has 1 aromatic carbocycles. The fraction of sp³-hybridized carbons (Fsp3) is 0.562. The van der Waals surface area contributed by atoms with Gasteiger partial charge < -0.3 is 9.64 Å². The van der Waals surface area contributed by atoms with Crippen molar-refractivity contribution in [2.45, 2.75) is 25.6 Å². The van der Waals surface area contributed by atoms with Gasteiger partial charge in [0.1, 0.15) is 5.75 Å². The van der Waals surface area contributed by atoms with Gasteiger partial charge in [0.05, 0.1) is 24.7 Å². The van der Waals surface area contributed by atoms with Gasteiger partial charge in [-0.05, 0) is 17.7 Å². The number of methoxy groups -OCH3 is 1. The first-order valence-electron chi connectivity index (χ1n) is 7.74. The highest BCUT2D eigenvalue weighted by Gasteiger charge is 2.47. The maximum absolute atomic E-state index is 12.1. The van der Waals surface area contributed by atoms with Crippen molar-refractivity contribution in [3.05, 3.63) is 29.8 Å². The normalized spacial score (nSPS) is 26.8. The third-order valence-electron chi connectivity index (χ3n) is 4.74. The van der Waals surface area contributed by atoms with E-state index >= 15 is 0 Å². The molecule has 1 aromatic rings. The van der Waals surface area contributed by atoms with E-state index in [0.29, 0.717) is 19.6 Å².